The first-order valence-electron chi connectivity index (χ1n) is 9.51. The van der Waals surface area contributed by atoms with Crippen molar-refractivity contribution < 1.29 is 25.1 Å². The van der Waals surface area contributed by atoms with Crippen LogP contribution >= 0.6 is 0 Å². The van der Waals surface area contributed by atoms with Gasteiger partial charge < -0.3 is 20.8 Å². The molecule has 0 saturated carbocycles. The lowest BCUT2D eigenvalue weighted by molar-refractivity contribution is -0.991. The molecule has 4 rings (SSSR count). The number of benzene rings is 3. The summed E-state index contributed by atoms with van der Waals surface area (Å²) in [5, 5.41) is 29.7. The maximum atomic E-state index is 13.4. The minimum Gasteiger partial charge on any atom is -0.595 e. The normalized spacial score (nSPS) is 12.0. The zero-order valence-corrected chi connectivity index (χ0v) is 16.9. The number of hydrogen-bond acceptors (Lipinski definition) is 6. The summed E-state index contributed by atoms with van der Waals surface area (Å²) in [5.41, 5.74) is 7.31. The first kappa shape index (κ1) is 21.1. The van der Waals surface area contributed by atoms with Crippen molar-refractivity contribution >= 4 is 28.2 Å². The summed E-state index contributed by atoms with van der Waals surface area (Å²) in [5.74, 6) is -0.423. The fraction of sp³-hybridized carbons (Fsp3) is 0.0435. The molecule has 0 radical (unpaired) electrons. The molecular weight excluding hydrogens is 414 g/mol. The van der Waals surface area contributed by atoms with Gasteiger partial charge in [0.25, 0.3) is 5.56 Å². The first-order chi connectivity index (χ1) is 15.3. The van der Waals surface area contributed by atoms with Crippen molar-refractivity contribution in [3.8, 4) is 22.6 Å². The molecule has 1 atom stereocenters. The van der Waals surface area contributed by atoms with Crippen LogP contribution in [0.2, 0.25) is 0 Å². The molecule has 0 aliphatic rings. The molecule has 1 heterocycles. The van der Waals surface area contributed by atoms with Crippen LogP contribution in [-0.4, -0.2) is 28.0 Å². The van der Waals surface area contributed by atoms with E-state index in [-0.39, 0.29) is 28.1 Å². The van der Waals surface area contributed by atoms with E-state index in [2.05, 4.69) is 0 Å². The number of carboxylic acids is 1. The van der Waals surface area contributed by atoms with Crippen LogP contribution in [0.5, 0.6) is 5.75 Å². The van der Waals surface area contributed by atoms with Gasteiger partial charge in [0.1, 0.15) is 11.6 Å². The Kier molecular flexibility index (Phi) is 5.37. The molecular formula is C23H19N3O6. The number of rotatable bonds is 5. The van der Waals surface area contributed by atoms with Crippen molar-refractivity contribution in [2.24, 2.45) is 0 Å². The van der Waals surface area contributed by atoms with Crippen LogP contribution in [0.25, 0.3) is 27.6 Å². The minimum absolute atomic E-state index is 0.0146. The average Bonchev–Trinajstić information content (AvgIpc) is 2.79. The summed E-state index contributed by atoms with van der Waals surface area (Å²) < 4.78 is 6.40. The van der Waals surface area contributed by atoms with Gasteiger partial charge in [0.15, 0.2) is 5.69 Å². The molecule has 0 spiro atoms. The predicted octanol–water partition coefficient (Wildman–Crippen LogP) is 2.35. The molecule has 1 aromatic heterocycles. The molecule has 5 N–H and O–H groups in total. The summed E-state index contributed by atoms with van der Waals surface area (Å²) in [7, 11) is 1.54. The Morgan fingerprint density at radius 2 is 1.78 bits per heavy atom. The Labute approximate surface area is 181 Å². The largest absolute Gasteiger partial charge is 0.595 e. The van der Waals surface area contributed by atoms with Gasteiger partial charge in [0.2, 0.25) is 0 Å². The third-order valence-corrected chi connectivity index (χ3v) is 5.20. The second-order valence-corrected chi connectivity index (χ2v) is 7.05. The number of quaternary nitrogens is 1. The van der Waals surface area contributed by atoms with Crippen molar-refractivity contribution in [1.29, 1.82) is 0 Å². The molecule has 0 aliphatic carbocycles. The molecule has 3 aromatic carbocycles. The van der Waals surface area contributed by atoms with Gasteiger partial charge >= 0.3 is 5.97 Å². The number of pyridine rings is 1. The third kappa shape index (κ3) is 3.56. The van der Waals surface area contributed by atoms with Gasteiger partial charge in [-0.15, -0.1) is 0 Å². The minimum atomic E-state index is -1.17. The van der Waals surface area contributed by atoms with E-state index in [1.807, 2.05) is 0 Å². The van der Waals surface area contributed by atoms with Crippen LogP contribution in [0, 0.1) is 5.21 Å². The average molecular weight is 433 g/mol. The van der Waals surface area contributed by atoms with Gasteiger partial charge in [-0.2, -0.15) is 5.23 Å². The van der Waals surface area contributed by atoms with Crippen molar-refractivity contribution in [3.63, 3.8) is 0 Å². The molecule has 9 nitrogen and oxygen atoms in total. The highest BCUT2D eigenvalue weighted by Gasteiger charge is 2.19. The standard InChI is InChI=1S/C23H19N3O6/c1-32-17-8-5-13(6-9-17)20-18-10-7-16(26(30)31)12-19(18)22(27)25(21(20)24)15-4-2-3-14(11-15)23(28)29/h2-12,26,30H,24H2,1H3,(H,28,29). The van der Waals surface area contributed by atoms with Gasteiger partial charge in [-0.1, -0.05) is 18.2 Å². The highest BCUT2D eigenvalue weighted by atomic mass is 16.8. The van der Waals surface area contributed by atoms with Crippen LogP contribution in [0.15, 0.2) is 71.5 Å². The molecule has 32 heavy (non-hydrogen) atoms. The summed E-state index contributed by atoms with van der Waals surface area (Å²) in [6.07, 6.45) is 0. The molecule has 9 heteroatoms. The lowest BCUT2D eigenvalue weighted by Crippen LogP contribution is -2.99. The first-order valence-corrected chi connectivity index (χ1v) is 9.51. The van der Waals surface area contributed by atoms with Crippen molar-refractivity contribution in [1.82, 2.24) is 4.57 Å². The van der Waals surface area contributed by atoms with E-state index in [1.54, 1.807) is 43.5 Å². The summed E-state index contributed by atoms with van der Waals surface area (Å²) in [6.45, 7) is 0. The number of aromatic nitrogens is 1. The zero-order chi connectivity index (χ0) is 23.0. The second kappa shape index (κ2) is 8.16. The quantitative estimate of drug-likeness (QED) is 0.354. The van der Waals surface area contributed by atoms with E-state index in [4.69, 9.17) is 10.5 Å². The fourth-order valence-corrected chi connectivity index (χ4v) is 3.65. The SMILES string of the molecule is COc1ccc(-c2c(N)n(-c3cccc(C(=O)O)c3)c(=O)c3cc([NH+]([O-])O)ccc23)cc1. The number of carbonyl (C=O) groups is 1. The van der Waals surface area contributed by atoms with E-state index in [0.717, 1.165) is 0 Å². The monoisotopic (exact) mass is 433 g/mol. The summed E-state index contributed by atoms with van der Waals surface area (Å²) in [4.78, 5) is 24.9. The lowest BCUT2D eigenvalue weighted by atomic mass is 9.98. The Morgan fingerprint density at radius 3 is 2.41 bits per heavy atom. The molecule has 0 amide bonds. The van der Waals surface area contributed by atoms with Crippen molar-refractivity contribution in [2.45, 2.75) is 0 Å². The Balaban J connectivity index is 2.11. The van der Waals surface area contributed by atoms with Crippen LogP contribution in [0.4, 0.5) is 11.5 Å². The lowest BCUT2D eigenvalue weighted by Gasteiger charge is -2.19. The fourth-order valence-electron chi connectivity index (χ4n) is 3.65. The number of methoxy groups -OCH3 is 1. The molecule has 0 bridgehead atoms. The van der Waals surface area contributed by atoms with E-state index in [0.29, 0.717) is 22.3 Å². The molecule has 0 fully saturated rings. The number of aromatic carboxylic acids is 1. The number of ether oxygens (including phenoxy) is 1. The van der Waals surface area contributed by atoms with E-state index in [9.17, 15) is 25.1 Å². The number of nitrogens with one attached hydrogen (secondary N) is 1. The third-order valence-electron chi connectivity index (χ3n) is 5.20. The van der Waals surface area contributed by atoms with Gasteiger partial charge in [0, 0.05) is 17.7 Å². The van der Waals surface area contributed by atoms with E-state index < -0.39 is 16.8 Å². The number of nitrogen functional groups attached to an aromatic ring is 1. The Hall–Kier alpha value is -4.18. The summed E-state index contributed by atoms with van der Waals surface area (Å²) in [6, 6.07) is 17.1. The maximum Gasteiger partial charge on any atom is 0.335 e. The number of fused-ring (bicyclic) bond motifs is 1. The molecule has 162 valence electrons. The molecule has 0 saturated heterocycles. The van der Waals surface area contributed by atoms with E-state index in [1.165, 1.54) is 34.9 Å². The smallest absolute Gasteiger partial charge is 0.335 e. The predicted molar refractivity (Wildman–Crippen MR) is 119 cm³/mol. The second-order valence-electron chi connectivity index (χ2n) is 7.05. The van der Waals surface area contributed by atoms with Crippen molar-refractivity contribution in [2.75, 3.05) is 12.8 Å². The van der Waals surface area contributed by atoms with Crippen LogP contribution in [0.1, 0.15) is 10.4 Å². The number of hydrogen-bond donors (Lipinski definition) is 4. The number of anilines is 1. The summed E-state index contributed by atoms with van der Waals surface area (Å²) >= 11 is 0. The van der Waals surface area contributed by atoms with Crippen LogP contribution < -0.4 is 21.3 Å². The van der Waals surface area contributed by atoms with Gasteiger partial charge in [-0.05, 0) is 47.3 Å². The van der Waals surface area contributed by atoms with Gasteiger partial charge in [-0.3, -0.25) is 9.36 Å². The highest BCUT2D eigenvalue weighted by Crippen LogP contribution is 2.35. The number of nitrogens with zero attached hydrogens (tertiary/aromatic N) is 1. The molecule has 4 aromatic rings. The molecule has 1 unspecified atom stereocenters. The van der Waals surface area contributed by atoms with Crippen LogP contribution in [-0.2, 0) is 0 Å². The number of carboxylic acid groups (broad SMARTS) is 1. The maximum absolute atomic E-state index is 13.4. The Morgan fingerprint density at radius 1 is 1.06 bits per heavy atom. The van der Waals surface area contributed by atoms with Crippen LogP contribution in [0.3, 0.4) is 0 Å². The zero-order valence-electron chi connectivity index (χ0n) is 16.9. The topological polar surface area (TPSA) is 142 Å². The van der Waals surface area contributed by atoms with Gasteiger partial charge in [0.05, 0.1) is 23.7 Å². The highest BCUT2D eigenvalue weighted by molar-refractivity contribution is 6.02. The Bertz CT molecular complexity index is 1390. The van der Waals surface area contributed by atoms with Gasteiger partial charge in [-0.25, -0.2) is 10.0 Å². The number of nitrogens with two attached hydrogens (primary N) is 1. The van der Waals surface area contributed by atoms with E-state index >= 15 is 0 Å². The molecule has 0 aliphatic heterocycles. The van der Waals surface area contributed by atoms with Crippen molar-refractivity contribution in [3.05, 3.63) is 87.9 Å².